The van der Waals surface area contributed by atoms with Gasteiger partial charge in [-0.1, -0.05) is 230 Å². The predicted molar refractivity (Wildman–Crippen MR) is 315 cm³/mol. The molecule has 0 radical (unpaired) electrons. The maximum Gasteiger partial charge on any atom is 0.268 e. The van der Waals surface area contributed by atoms with Crippen LogP contribution in [0.25, 0.3) is 0 Å². The van der Waals surface area contributed by atoms with Gasteiger partial charge in [0.2, 0.25) is 5.91 Å². The molecule has 412 valence electrons. The van der Waals surface area contributed by atoms with Crippen molar-refractivity contribution in [2.45, 2.75) is 199 Å². The number of nitrogens with zero attached hydrogens (tertiary/aromatic N) is 1. The Morgan fingerprint density at radius 1 is 0.493 bits per heavy atom. The van der Waals surface area contributed by atoms with E-state index in [1.54, 1.807) is 6.08 Å². The lowest BCUT2D eigenvalue weighted by Gasteiger charge is -2.29. The highest BCUT2D eigenvalue weighted by atomic mass is 31.2. The topological polar surface area (TPSA) is 108 Å². The van der Waals surface area contributed by atoms with Gasteiger partial charge in [0.1, 0.15) is 13.2 Å². The second-order valence-corrected chi connectivity index (χ2v) is 21.0. The molecule has 0 saturated heterocycles. The van der Waals surface area contributed by atoms with Crippen molar-refractivity contribution < 1.29 is 32.9 Å². The molecule has 0 aliphatic rings. The number of unbranched alkanes of at least 4 members (excludes halogenated alkanes) is 12. The van der Waals surface area contributed by atoms with Crippen LogP contribution in [-0.2, 0) is 18.4 Å². The summed E-state index contributed by atoms with van der Waals surface area (Å²) in [6, 6.07) is -0.910. The summed E-state index contributed by atoms with van der Waals surface area (Å²) in [5, 5.41) is 13.8. The smallest absolute Gasteiger partial charge is 0.268 e. The van der Waals surface area contributed by atoms with Gasteiger partial charge >= 0.3 is 0 Å². The van der Waals surface area contributed by atoms with Crippen molar-refractivity contribution in [2.75, 3.05) is 40.9 Å². The summed E-state index contributed by atoms with van der Waals surface area (Å²) in [6.45, 7) is 4.45. The SMILES string of the molecule is CC/C=C\C/C=C\C/C=C\C/C=C\C/C=C\C/C=C\C/C=C\C/C=C\C/C=C\C/C=C\C/C=C\C/C=C\CCCCCCC(=O)NC(COP(=O)([O-])OCC[N+](C)(C)C)C(O)/C=C/CCCCCCCCCC. The third-order valence-corrected chi connectivity index (χ3v) is 12.5. The number of phosphoric ester groups is 1. The highest BCUT2D eigenvalue weighted by Gasteiger charge is 2.23. The number of phosphoric acid groups is 1. The van der Waals surface area contributed by atoms with E-state index in [2.05, 4.69) is 165 Å². The third kappa shape index (κ3) is 55.7. The summed E-state index contributed by atoms with van der Waals surface area (Å²) < 4.78 is 23.2. The van der Waals surface area contributed by atoms with Gasteiger partial charge in [-0.05, 0) is 109 Å². The van der Waals surface area contributed by atoms with Crippen LogP contribution in [0.1, 0.15) is 187 Å². The second kappa shape index (κ2) is 53.0. The Balaban J connectivity index is 4.16. The number of hydrogen-bond acceptors (Lipinski definition) is 6. The van der Waals surface area contributed by atoms with Crippen molar-refractivity contribution in [3.63, 3.8) is 0 Å². The molecule has 0 aromatic rings. The van der Waals surface area contributed by atoms with Gasteiger partial charge in [-0.25, -0.2) is 0 Å². The molecule has 0 heterocycles. The van der Waals surface area contributed by atoms with Crippen LogP contribution in [0.5, 0.6) is 0 Å². The molecule has 0 saturated carbocycles. The minimum absolute atomic E-state index is 0.0149. The molecule has 0 bridgehead atoms. The summed E-state index contributed by atoms with van der Waals surface area (Å²) in [5.41, 5.74) is 0. The fourth-order valence-electron chi connectivity index (χ4n) is 7.07. The largest absolute Gasteiger partial charge is 0.756 e. The lowest BCUT2D eigenvalue weighted by molar-refractivity contribution is -0.870. The van der Waals surface area contributed by atoms with Crippen LogP contribution in [-0.4, -0.2) is 68.5 Å². The maximum absolute atomic E-state index is 12.9. The van der Waals surface area contributed by atoms with Gasteiger partial charge < -0.3 is 28.8 Å². The third-order valence-electron chi connectivity index (χ3n) is 11.5. The molecule has 0 fully saturated rings. The first-order valence-electron chi connectivity index (χ1n) is 28.3. The molecule has 0 aromatic heterocycles. The number of quaternary nitrogens is 1. The molecule has 8 nitrogen and oxygen atoms in total. The first-order chi connectivity index (χ1) is 35.5. The summed E-state index contributed by atoms with van der Waals surface area (Å²) >= 11 is 0. The average molecular weight is 1030 g/mol. The Kier molecular flexibility index (Phi) is 50.1. The fourth-order valence-corrected chi connectivity index (χ4v) is 7.80. The van der Waals surface area contributed by atoms with E-state index >= 15 is 0 Å². The predicted octanol–water partition coefficient (Wildman–Crippen LogP) is 16.8. The molecular weight excluding hydrogens is 924 g/mol. The van der Waals surface area contributed by atoms with Crippen molar-refractivity contribution in [3.8, 4) is 0 Å². The Bertz CT molecular complexity index is 1740. The Hall–Kier alpha value is -3.88. The van der Waals surface area contributed by atoms with Crippen LogP contribution in [0.4, 0.5) is 0 Å². The van der Waals surface area contributed by atoms with E-state index in [0.717, 1.165) is 128 Å². The summed E-state index contributed by atoms with van der Waals surface area (Å²) in [7, 11) is 1.22. The van der Waals surface area contributed by atoms with Crippen molar-refractivity contribution >= 4 is 13.7 Å². The Morgan fingerprint density at radius 2 is 0.836 bits per heavy atom. The molecule has 9 heteroatoms. The first kappa shape index (κ1) is 69.1. The van der Waals surface area contributed by atoms with Gasteiger partial charge in [0.15, 0.2) is 0 Å². The molecule has 0 spiro atoms. The number of hydrogen-bond donors (Lipinski definition) is 2. The molecular formula is C64H105N2O6P. The highest BCUT2D eigenvalue weighted by molar-refractivity contribution is 7.45. The van der Waals surface area contributed by atoms with E-state index in [0.29, 0.717) is 17.4 Å². The van der Waals surface area contributed by atoms with Crippen molar-refractivity contribution in [1.29, 1.82) is 0 Å². The van der Waals surface area contributed by atoms with E-state index < -0.39 is 26.6 Å². The van der Waals surface area contributed by atoms with E-state index in [-0.39, 0.29) is 12.5 Å². The average Bonchev–Trinajstić information content (AvgIpc) is 3.35. The zero-order chi connectivity index (χ0) is 53.5. The quantitative estimate of drug-likeness (QED) is 0.0272. The lowest BCUT2D eigenvalue weighted by Crippen LogP contribution is -2.45. The van der Waals surface area contributed by atoms with Crippen LogP contribution in [0.3, 0.4) is 0 Å². The second-order valence-electron chi connectivity index (χ2n) is 19.6. The standard InChI is InChI=1S/C64H105N2O6P/c1-6-8-10-12-14-16-18-19-20-21-22-23-24-25-26-27-28-29-30-31-32-33-34-35-36-37-38-39-40-41-42-43-44-45-46-47-48-50-52-54-56-58-64(68)65-62(61-72-73(69,70)71-60-59-66(3,4)5)63(67)57-55-53-51-49-17-15-13-11-9-7-2/h8,10,14,16,19-20,22-23,25-26,28-29,31-32,34-35,37-38,40-41,43-44,46-47,55,57,62-63,67H,6-7,9,11-13,15,17-18,21,24,27,30,33,36,39,42,45,48-54,56,58-61H2,1-5H3,(H-,65,68,69,70)/b10-8-,16-14-,20-19-,23-22-,26-25-,29-28-,32-31-,35-34-,38-37-,41-40-,44-43-,47-46-,57-55+. The zero-order valence-corrected chi connectivity index (χ0v) is 47.7. The molecule has 3 atom stereocenters. The number of rotatable bonds is 49. The van der Waals surface area contributed by atoms with E-state index in [9.17, 15) is 19.4 Å². The zero-order valence-electron chi connectivity index (χ0n) is 46.8. The van der Waals surface area contributed by atoms with Gasteiger partial charge in [-0.3, -0.25) is 9.36 Å². The molecule has 2 N–H and O–H groups in total. The van der Waals surface area contributed by atoms with Crippen molar-refractivity contribution in [1.82, 2.24) is 5.32 Å². The number of carbonyl (C=O) groups excluding carboxylic acids is 1. The first-order valence-corrected chi connectivity index (χ1v) is 29.8. The van der Waals surface area contributed by atoms with Gasteiger partial charge in [-0.2, -0.15) is 0 Å². The summed E-state index contributed by atoms with van der Waals surface area (Å²) in [6.07, 6.45) is 83.3. The van der Waals surface area contributed by atoms with Crippen LogP contribution in [0, 0.1) is 0 Å². The minimum atomic E-state index is -4.61. The van der Waals surface area contributed by atoms with Crippen molar-refractivity contribution in [3.05, 3.63) is 158 Å². The van der Waals surface area contributed by atoms with Crippen LogP contribution in [0.15, 0.2) is 158 Å². The molecule has 73 heavy (non-hydrogen) atoms. The van der Waals surface area contributed by atoms with E-state index in [4.69, 9.17) is 9.05 Å². The monoisotopic (exact) mass is 1030 g/mol. The number of nitrogens with one attached hydrogen (secondary N) is 1. The molecule has 0 aliphatic heterocycles. The van der Waals surface area contributed by atoms with Gasteiger partial charge in [0.25, 0.3) is 7.82 Å². The number of aliphatic hydroxyl groups is 1. The Morgan fingerprint density at radius 3 is 1.22 bits per heavy atom. The van der Waals surface area contributed by atoms with Gasteiger partial charge in [0.05, 0.1) is 39.9 Å². The van der Waals surface area contributed by atoms with Crippen molar-refractivity contribution in [2.24, 2.45) is 0 Å². The number of carbonyl (C=O) groups is 1. The molecule has 3 unspecified atom stereocenters. The van der Waals surface area contributed by atoms with Gasteiger partial charge in [0, 0.05) is 6.42 Å². The molecule has 0 aliphatic carbocycles. The minimum Gasteiger partial charge on any atom is -0.756 e. The number of aliphatic hydroxyl groups excluding tert-OH is 1. The number of allylic oxidation sites excluding steroid dienone is 25. The van der Waals surface area contributed by atoms with E-state index in [1.807, 2.05) is 27.2 Å². The molecule has 1 amide bonds. The normalized spacial score (nSPS) is 15.1. The lowest BCUT2D eigenvalue weighted by atomic mass is 10.1. The van der Waals surface area contributed by atoms with E-state index in [1.165, 1.54) is 38.5 Å². The molecule has 0 rings (SSSR count). The molecule has 0 aromatic carbocycles. The van der Waals surface area contributed by atoms with Crippen LogP contribution in [0.2, 0.25) is 0 Å². The number of amides is 1. The van der Waals surface area contributed by atoms with Gasteiger partial charge in [-0.15, -0.1) is 0 Å². The summed E-state index contributed by atoms with van der Waals surface area (Å²) in [4.78, 5) is 25.4. The summed E-state index contributed by atoms with van der Waals surface area (Å²) in [5.74, 6) is -0.231. The Labute approximate surface area is 448 Å². The van der Waals surface area contributed by atoms with Crippen LogP contribution < -0.4 is 10.2 Å². The van der Waals surface area contributed by atoms with Crippen LogP contribution >= 0.6 is 7.82 Å². The number of likely N-dealkylation sites (N-methyl/N-ethyl adjacent to an activating group) is 1. The highest BCUT2D eigenvalue weighted by Crippen LogP contribution is 2.38. The maximum atomic E-state index is 12.9. The fraction of sp³-hybridized carbons (Fsp3) is 0.578.